The zero-order chi connectivity index (χ0) is 7.28. The summed E-state index contributed by atoms with van der Waals surface area (Å²) >= 11 is 3.29. The molecule has 1 nitrogen and oxygen atoms in total. The van der Waals surface area contributed by atoms with E-state index >= 15 is 0 Å². The van der Waals surface area contributed by atoms with Crippen LogP contribution in [0.15, 0.2) is 35.5 Å². The lowest BCUT2D eigenvalue weighted by molar-refractivity contribution is 1.10. The van der Waals surface area contributed by atoms with E-state index in [0.29, 0.717) is 0 Å². The molecule has 2 heteroatoms. The number of rotatable bonds is 3. The molecule has 0 aliphatic heterocycles. The minimum Gasteiger partial charge on any atom is -0.393 e. The highest BCUT2D eigenvalue weighted by Crippen LogP contribution is 2.13. The van der Waals surface area contributed by atoms with Crippen LogP contribution >= 0.6 is 15.9 Å². The highest BCUT2D eigenvalue weighted by molar-refractivity contribution is 9.12. The van der Waals surface area contributed by atoms with Gasteiger partial charge in [0.1, 0.15) is 0 Å². The fraction of sp³-hybridized carbons (Fsp3) is 0.143. The third-order valence-electron chi connectivity index (χ3n) is 0.824. The van der Waals surface area contributed by atoms with Gasteiger partial charge in [-0.15, -0.1) is 0 Å². The van der Waals surface area contributed by atoms with Crippen molar-refractivity contribution in [3.8, 4) is 0 Å². The van der Waals surface area contributed by atoms with Gasteiger partial charge in [-0.05, 0) is 21.5 Å². The second kappa shape index (κ2) is 4.39. The Morgan fingerprint density at radius 2 is 2.22 bits per heavy atom. The second-order valence-corrected chi connectivity index (χ2v) is 2.36. The van der Waals surface area contributed by atoms with E-state index in [1.807, 2.05) is 13.2 Å². The molecule has 9 heavy (non-hydrogen) atoms. The molecule has 0 rings (SSSR count). The van der Waals surface area contributed by atoms with Gasteiger partial charge in [0.05, 0.1) is 0 Å². The predicted octanol–water partition coefficient (Wildman–Crippen LogP) is 2.18. The Labute approximate surface area is 64.3 Å². The van der Waals surface area contributed by atoms with Crippen LogP contribution in [0.3, 0.4) is 0 Å². The first-order chi connectivity index (χ1) is 4.22. The number of hydrogen-bond acceptors (Lipinski definition) is 1. The first kappa shape index (κ1) is 8.50. The Hall–Kier alpha value is -0.500. The standard InChI is InChI=1S/C7H10BrN/c1-4-6(2)7(8)5-9-3/h4-5,9H,1-2H2,3H3/b7-5+. The first-order valence-electron chi connectivity index (χ1n) is 2.57. The molecular weight excluding hydrogens is 178 g/mol. The maximum Gasteiger partial charge on any atom is 0.0398 e. The van der Waals surface area contributed by atoms with Gasteiger partial charge in [0.2, 0.25) is 0 Å². The highest BCUT2D eigenvalue weighted by atomic mass is 79.9. The van der Waals surface area contributed by atoms with Crippen molar-refractivity contribution in [3.63, 3.8) is 0 Å². The summed E-state index contributed by atoms with van der Waals surface area (Å²) in [5, 5.41) is 2.87. The number of allylic oxidation sites excluding steroid dienone is 3. The Morgan fingerprint density at radius 3 is 2.56 bits per heavy atom. The van der Waals surface area contributed by atoms with Crippen LogP contribution in [0.1, 0.15) is 0 Å². The van der Waals surface area contributed by atoms with Crippen molar-refractivity contribution in [2.24, 2.45) is 0 Å². The second-order valence-electron chi connectivity index (χ2n) is 1.51. The van der Waals surface area contributed by atoms with Crippen molar-refractivity contribution < 1.29 is 0 Å². The average molecular weight is 188 g/mol. The summed E-state index contributed by atoms with van der Waals surface area (Å²) in [4.78, 5) is 0. The van der Waals surface area contributed by atoms with E-state index in [-0.39, 0.29) is 0 Å². The molecule has 0 aromatic rings. The van der Waals surface area contributed by atoms with Gasteiger partial charge in [-0.3, -0.25) is 0 Å². The normalized spacial score (nSPS) is 10.7. The van der Waals surface area contributed by atoms with E-state index in [1.165, 1.54) is 0 Å². The van der Waals surface area contributed by atoms with Gasteiger partial charge in [-0.25, -0.2) is 0 Å². The summed E-state index contributed by atoms with van der Waals surface area (Å²) in [7, 11) is 1.83. The average Bonchev–Trinajstić information content (AvgIpc) is 1.87. The number of halogens is 1. The first-order valence-corrected chi connectivity index (χ1v) is 3.36. The molecule has 0 saturated carbocycles. The molecule has 0 radical (unpaired) electrons. The van der Waals surface area contributed by atoms with Crippen LogP contribution in [0.5, 0.6) is 0 Å². The van der Waals surface area contributed by atoms with E-state index in [0.717, 1.165) is 10.1 Å². The summed E-state index contributed by atoms with van der Waals surface area (Å²) in [5.74, 6) is 0. The molecule has 0 heterocycles. The van der Waals surface area contributed by atoms with E-state index in [1.54, 1.807) is 6.08 Å². The minimum atomic E-state index is 0.879. The molecule has 50 valence electrons. The quantitative estimate of drug-likeness (QED) is 0.669. The third kappa shape index (κ3) is 3.14. The summed E-state index contributed by atoms with van der Waals surface area (Å²) in [6.45, 7) is 7.28. The van der Waals surface area contributed by atoms with Crippen molar-refractivity contribution in [2.45, 2.75) is 0 Å². The minimum absolute atomic E-state index is 0.879. The third-order valence-corrected chi connectivity index (χ3v) is 1.56. The van der Waals surface area contributed by atoms with Crippen LogP contribution in [0.25, 0.3) is 0 Å². The predicted molar refractivity (Wildman–Crippen MR) is 45.4 cm³/mol. The number of hydrogen-bond donors (Lipinski definition) is 1. The fourth-order valence-corrected chi connectivity index (χ4v) is 0.708. The summed E-state index contributed by atoms with van der Waals surface area (Å²) in [6, 6.07) is 0. The molecule has 0 fully saturated rings. The van der Waals surface area contributed by atoms with Crippen molar-refractivity contribution in [1.29, 1.82) is 0 Å². The van der Waals surface area contributed by atoms with Gasteiger partial charge in [-0.2, -0.15) is 0 Å². The van der Waals surface area contributed by atoms with Gasteiger partial charge in [0.15, 0.2) is 0 Å². The summed E-state index contributed by atoms with van der Waals surface area (Å²) < 4.78 is 0.931. The molecule has 0 aliphatic rings. The van der Waals surface area contributed by atoms with Gasteiger partial charge < -0.3 is 5.32 Å². The molecule has 0 atom stereocenters. The van der Waals surface area contributed by atoms with Crippen molar-refractivity contribution in [1.82, 2.24) is 5.32 Å². The van der Waals surface area contributed by atoms with Gasteiger partial charge >= 0.3 is 0 Å². The molecule has 0 saturated heterocycles. The van der Waals surface area contributed by atoms with Crippen molar-refractivity contribution in [3.05, 3.63) is 35.5 Å². The van der Waals surface area contributed by atoms with Gasteiger partial charge in [0.25, 0.3) is 0 Å². The zero-order valence-electron chi connectivity index (χ0n) is 5.45. The lowest BCUT2D eigenvalue weighted by Gasteiger charge is -1.95. The Bertz CT molecular complexity index is 147. The molecular formula is C7H10BrN. The van der Waals surface area contributed by atoms with Crippen LogP contribution < -0.4 is 5.32 Å². The Kier molecular flexibility index (Phi) is 4.14. The van der Waals surface area contributed by atoms with Gasteiger partial charge in [-0.1, -0.05) is 19.2 Å². The Morgan fingerprint density at radius 1 is 1.67 bits per heavy atom. The fourth-order valence-electron chi connectivity index (χ4n) is 0.317. The Balaban J connectivity index is 4.01. The molecule has 0 bridgehead atoms. The monoisotopic (exact) mass is 187 g/mol. The molecule has 0 unspecified atom stereocenters. The van der Waals surface area contributed by atoms with Crippen LogP contribution in [0, 0.1) is 0 Å². The lowest BCUT2D eigenvalue weighted by atomic mass is 10.3. The molecule has 0 spiro atoms. The maximum atomic E-state index is 3.72. The van der Waals surface area contributed by atoms with Gasteiger partial charge in [0, 0.05) is 17.7 Å². The maximum absolute atomic E-state index is 3.72. The molecule has 1 N–H and O–H groups in total. The van der Waals surface area contributed by atoms with Crippen LogP contribution in [0.4, 0.5) is 0 Å². The molecule has 0 aliphatic carbocycles. The van der Waals surface area contributed by atoms with Crippen molar-refractivity contribution >= 4 is 15.9 Å². The van der Waals surface area contributed by atoms with Crippen LogP contribution in [-0.4, -0.2) is 7.05 Å². The largest absolute Gasteiger partial charge is 0.393 e. The summed E-state index contributed by atoms with van der Waals surface area (Å²) in [6.07, 6.45) is 3.50. The zero-order valence-corrected chi connectivity index (χ0v) is 7.03. The van der Waals surface area contributed by atoms with E-state index in [9.17, 15) is 0 Å². The topological polar surface area (TPSA) is 12.0 Å². The lowest BCUT2D eigenvalue weighted by Crippen LogP contribution is -1.93. The highest BCUT2D eigenvalue weighted by Gasteiger charge is 1.89. The SMILES string of the molecule is C=CC(=C)/C(Br)=C\NC. The molecule has 0 amide bonds. The summed E-state index contributed by atoms with van der Waals surface area (Å²) in [5.41, 5.74) is 0.879. The smallest absolute Gasteiger partial charge is 0.0398 e. The van der Waals surface area contributed by atoms with Crippen LogP contribution in [-0.2, 0) is 0 Å². The molecule has 0 aromatic heterocycles. The van der Waals surface area contributed by atoms with E-state index < -0.39 is 0 Å². The van der Waals surface area contributed by atoms with Crippen molar-refractivity contribution in [2.75, 3.05) is 7.05 Å². The van der Waals surface area contributed by atoms with E-state index in [4.69, 9.17) is 0 Å². The number of nitrogens with one attached hydrogen (secondary N) is 1. The van der Waals surface area contributed by atoms with E-state index in [2.05, 4.69) is 34.4 Å². The molecule has 0 aromatic carbocycles. The van der Waals surface area contributed by atoms with Crippen LogP contribution in [0.2, 0.25) is 0 Å².